The lowest BCUT2D eigenvalue weighted by molar-refractivity contribution is -0.274. The number of hydrogen-bond donors (Lipinski definition) is 3. The molecule has 0 bridgehead atoms. The van der Waals surface area contributed by atoms with Crippen molar-refractivity contribution < 1.29 is 17.9 Å². The fourth-order valence-corrected chi connectivity index (χ4v) is 2.76. The van der Waals surface area contributed by atoms with Crippen molar-refractivity contribution in [2.75, 3.05) is 40.3 Å². The number of ether oxygens (including phenoxy) is 1. The largest absolute Gasteiger partial charge is 0.573 e. The van der Waals surface area contributed by atoms with Crippen LogP contribution in [-0.2, 0) is 0 Å². The van der Waals surface area contributed by atoms with E-state index in [0.29, 0.717) is 0 Å². The number of nitrogens with one attached hydrogen (secondary N) is 3. The van der Waals surface area contributed by atoms with Crippen LogP contribution < -0.4 is 20.9 Å². The molecule has 130 valence electrons. The summed E-state index contributed by atoms with van der Waals surface area (Å²) >= 11 is 0. The minimum atomic E-state index is -4.67. The lowest BCUT2D eigenvalue weighted by atomic mass is 9.94. The SMILES string of the molecule is CNCCN(C)CC1CNNC1c1cccc(OC(F)(F)F)c1. The lowest BCUT2D eigenvalue weighted by Gasteiger charge is -2.25. The fraction of sp³-hybridized carbons (Fsp3) is 0.600. The number of hydrazine groups is 1. The molecule has 2 unspecified atom stereocenters. The maximum atomic E-state index is 12.4. The van der Waals surface area contributed by atoms with E-state index in [2.05, 4.69) is 25.8 Å². The van der Waals surface area contributed by atoms with Gasteiger partial charge in [0.05, 0.1) is 6.04 Å². The molecule has 0 aliphatic carbocycles. The zero-order valence-electron chi connectivity index (χ0n) is 13.3. The number of alkyl halides is 3. The molecule has 5 nitrogen and oxygen atoms in total. The van der Waals surface area contributed by atoms with E-state index < -0.39 is 6.36 Å². The van der Waals surface area contributed by atoms with E-state index in [1.54, 1.807) is 6.07 Å². The van der Waals surface area contributed by atoms with Crippen LogP contribution in [0.2, 0.25) is 0 Å². The van der Waals surface area contributed by atoms with Gasteiger partial charge in [0.25, 0.3) is 0 Å². The van der Waals surface area contributed by atoms with Crippen molar-refractivity contribution in [1.82, 2.24) is 21.1 Å². The van der Waals surface area contributed by atoms with Crippen LogP contribution in [0.4, 0.5) is 13.2 Å². The zero-order valence-corrected chi connectivity index (χ0v) is 13.3. The van der Waals surface area contributed by atoms with Crippen LogP contribution in [0.1, 0.15) is 11.6 Å². The summed E-state index contributed by atoms with van der Waals surface area (Å²) in [6.45, 7) is 3.41. The van der Waals surface area contributed by atoms with E-state index in [-0.39, 0.29) is 17.7 Å². The van der Waals surface area contributed by atoms with Gasteiger partial charge in [-0.3, -0.25) is 5.43 Å². The molecule has 0 aromatic heterocycles. The van der Waals surface area contributed by atoms with Gasteiger partial charge in [0.2, 0.25) is 0 Å². The molecule has 2 rings (SSSR count). The van der Waals surface area contributed by atoms with E-state index in [0.717, 1.165) is 31.7 Å². The summed E-state index contributed by atoms with van der Waals surface area (Å²) in [5.41, 5.74) is 7.02. The van der Waals surface area contributed by atoms with Crippen molar-refractivity contribution in [3.05, 3.63) is 29.8 Å². The fourth-order valence-electron chi connectivity index (χ4n) is 2.76. The van der Waals surface area contributed by atoms with Gasteiger partial charge in [0.1, 0.15) is 5.75 Å². The molecule has 1 aromatic carbocycles. The van der Waals surface area contributed by atoms with E-state index in [9.17, 15) is 13.2 Å². The van der Waals surface area contributed by atoms with Crippen molar-refractivity contribution in [2.24, 2.45) is 5.92 Å². The van der Waals surface area contributed by atoms with Crippen molar-refractivity contribution in [1.29, 1.82) is 0 Å². The zero-order chi connectivity index (χ0) is 16.9. The molecule has 1 fully saturated rings. The number of halogens is 3. The van der Waals surface area contributed by atoms with Gasteiger partial charge in [0.15, 0.2) is 0 Å². The Morgan fingerprint density at radius 2 is 2.17 bits per heavy atom. The third-order valence-corrected chi connectivity index (χ3v) is 3.83. The van der Waals surface area contributed by atoms with Gasteiger partial charge in [-0.1, -0.05) is 12.1 Å². The van der Waals surface area contributed by atoms with Crippen LogP contribution in [0.5, 0.6) is 5.75 Å². The van der Waals surface area contributed by atoms with Gasteiger partial charge in [-0.25, -0.2) is 5.43 Å². The van der Waals surface area contributed by atoms with Crippen molar-refractivity contribution in [3.63, 3.8) is 0 Å². The van der Waals surface area contributed by atoms with Gasteiger partial charge >= 0.3 is 6.36 Å². The topological polar surface area (TPSA) is 48.6 Å². The molecule has 23 heavy (non-hydrogen) atoms. The minimum absolute atomic E-state index is 0.0520. The molecular weight excluding hydrogens is 309 g/mol. The smallest absolute Gasteiger partial charge is 0.406 e. The molecule has 1 saturated heterocycles. The van der Waals surface area contributed by atoms with Crippen LogP contribution in [0, 0.1) is 5.92 Å². The molecular formula is C15H23F3N4O. The minimum Gasteiger partial charge on any atom is -0.406 e. The molecule has 1 aromatic rings. The Labute approximate surface area is 134 Å². The van der Waals surface area contributed by atoms with Crippen LogP contribution in [0.25, 0.3) is 0 Å². The van der Waals surface area contributed by atoms with E-state index >= 15 is 0 Å². The summed E-state index contributed by atoms with van der Waals surface area (Å²) < 4.78 is 41.1. The van der Waals surface area contributed by atoms with Crippen LogP contribution >= 0.6 is 0 Å². The van der Waals surface area contributed by atoms with Crippen LogP contribution in [-0.4, -0.2) is 51.5 Å². The second-order valence-electron chi connectivity index (χ2n) is 5.75. The highest BCUT2D eigenvalue weighted by Crippen LogP contribution is 2.30. The molecule has 8 heteroatoms. The quantitative estimate of drug-likeness (QED) is 0.706. The average Bonchev–Trinajstić information content (AvgIpc) is 2.91. The predicted octanol–water partition coefficient (Wildman–Crippen LogP) is 1.50. The summed E-state index contributed by atoms with van der Waals surface area (Å²) in [5.74, 6) is 0.0731. The first kappa shape index (κ1) is 18.0. The highest BCUT2D eigenvalue weighted by Gasteiger charge is 2.32. The lowest BCUT2D eigenvalue weighted by Crippen LogP contribution is -2.34. The Morgan fingerprint density at radius 3 is 2.87 bits per heavy atom. The standard InChI is InChI=1S/C15H23F3N4O/c1-19-6-7-22(2)10-12-9-20-21-14(12)11-4-3-5-13(8-11)23-15(16,17)18/h3-5,8,12,14,19-21H,6-7,9-10H2,1-2H3. The molecule has 1 aliphatic heterocycles. The molecule has 0 radical (unpaired) electrons. The Morgan fingerprint density at radius 1 is 1.39 bits per heavy atom. The van der Waals surface area contributed by atoms with E-state index in [1.165, 1.54) is 12.1 Å². The molecule has 2 atom stereocenters. The predicted molar refractivity (Wildman–Crippen MR) is 81.9 cm³/mol. The summed E-state index contributed by atoms with van der Waals surface area (Å²) in [6, 6.07) is 6.10. The Hall–Kier alpha value is -1.35. The first-order chi connectivity index (χ1) is 10.9. The molecule has 0 spiro atoms. The number of benzene rings is 1. The molecule has 3 N–H and O–H groups in total. The summed E-state index contributed by atoms with van der Waals surface area (Å²) in [6.07, 6.45) is -4.67. The number of rotatable bonds is 7. The summed E-state index contributed by atoms with van der Waals surface area (Å²) in [7, 11) is 3.94. The van der Waals surface area contributed by atoms with E-state index in [1.807, 2.05) is 20.2 Å². The van der Waals surface area contributed by atoms with Gasteiger partial charge in [0, 0.05) is 32.1 Å². The summed E-state index contributed by atoms with van der Waals surface area (Å²) in [4.78, 5) is 2.21. The van der Waals surface area contributed by atoms with Gasteiger partial charge < -0.3 is 15.0 Å². The second kappa shape index (κ2) is 7.96. The van der Waals surface area contributed by atoms with Crippen molar-refractivity contribution >= 4 is 0 Å². The van der Waals surface area contributed by atoms with Crippen molar-refractivity contribution in [2.45, 2.75) is 12.4 Å². The maximum Gasteiger partial charge on any atom is 0.573 e. The Balaban J connectivity index is 2.03. The van der Waals surface area contributed by atoms with Gasteiger partial charge in [-0.15, -0.1) is 13.2 Å². The van der Waals surface area contributed by atoms with Crippen molar-refractivity contribution in [3.8, 4) is 5.75 Å². The Kier molecular flexibility index (Phi) is 6.23. The molecule has 1 heterocycles. The number of hydrogen-bond acceptors (Lipinski definition) is 5. The molecule has 0 saturated carbocycles. The first-order valence-corrected chi connectivity index (χ1v) is 7.56. The first-order valence-electron chi connectivity index (χ1n) is 7.56. The number of likely N-dealkylation sites (N-methyl/N-ethyl adjacent to an activating group) is 2. The highest BCUT2D eigenvalue weighted by atomic mass is 19.4. The Bertz CT molecular complexity index is 498. The van der Waals surface area contributed by atoms with Crippen LogP contribution in [0.15, 0.2) is 24.3 Å². The second-order valence-corrected chi connectivity index (χ2v) is 5.75. The van der Waals surface area contributed by atoms with Crippen LogP contribution in [0.3, 0.4) is 0 Å². The highest BCUT2D eigenvalue weighted by molar-refractivity contribution is 5.31. The third-order valence-electron chi connectivity index (χ3n) is 3.83. The van der Waals surface area contributed by atoms with Gasteiger partial charge in [-0.05, 0) is 31.8 Å². The normalized spacial score (nSPS) is 21.8. The molecule has 1 aliphatic rings. The monoisotopic (exact) mass is 332 g/mol. The van der Waals surface area contributed by atoms with E-state index in [4.69, 9.17) is 0 Å². The average molecular weight is 332 g/mol. The molecule has 0 amide bonds. The summed E-state index contributed by atoms with van der Waals surface area (Å²) in [5, 5.41) is 3.10. The van der Waals surface area contributed by atoms with Gasteiger partial charge in [-0.2, -0.15) is 0 Å². The maximum absolute atomic E-state index is 12.4. The third kappa shape index (κ3) is 5.65. The number of nitrogens with zero attached hydrogens (tertiary/aromatic N) is 1.